The predicted octanol–water partition coefficient (Wildman–Crippen LogP) is 14.4. The predicted molar refractivity (Wildman–Crippen MR) is 253 cm³/mol. The van der Waals surface area contributed by atoms with E-state index in [2.05, 4.69) is 209 Å². The number of nitrogens with zero attached hydrogens (tertiary/aromatic N) is 2. The normalized spacial score (nSPS) is 11.4. The highest BCUT2D eigenvalue weighted by Gasteiger charge is 2.24. The highest BCUT2D eigenvalue weighted by Crippen LogP contribution is 2.52. The van der Waals surface area contributed by atoms with Crippen molar-refractivity contribution in [1.29, 1.82) is 0 Å². The fourth-order valence-electron chi connectivity index (χ4n) is 7.98. The Labute approximate surface area is 361 Å². The lowest BCUT2D eigenvalue weighted by Crippen LogP contribution is -2.32. The Hall–Kier alpha value is -5.72. The van der Waals surface area contributed by atoms with Crippen molar-refractivity contribution in [1.82, 2.24) is 0 Å². The van der Waals surface area contributed by atoms with Crippen LogP contribution in [0.5, 0.6) is 0 Å². The lowest BCUT2D eigenvalue weighted by atomic mass is 10.00. The lowest BCUT2D eigenvalue weighted by Gasteiger charge is -2.06. The van der Waals surface area contributed by atoms with E-state index in [9.17, 15) is 0 Å². The highest BCUT2D eigenvalue weighted by molar-refractivity contribution is 7.28. The van der Waals surface area contributed by atoms with Crippen molar-refractivity contribution in [2.24, 2.45) is 0 Å². The lowest BCUT2D eigenvalue weighted by molar-refractivity contribution is -0.688. The Morgan fingerprint density at radius 1 is 0.305 bits per heavy atom. The van der Waals surface area contributed by atoms with Gasteiger partial charge in [-0.05, 0) is 120 Å². The third-order valence-electron chi connectivity index (χ3n) is 11.9. The van der Waals surface area contributed by atoms with Crippen LogP contribution in [0.2, 0.25) is 0 Å². The van der Waals surface area contributed by atoms with Gasteiger partial charge in [0.15, 0.2) is 37.9 Å². The van der Waals surface area contributed by atoms with Crippen LogP contribution < -0.4 is 9.13 Å². The van der Waals surface area contributed by atoms with Crippen molar-refractivity contribution in [3.05, 3.63) is 203 Å². The van der Waals surface area contributed by atoms with Gasteiger partial charge in [-0.1, -0.05) is 97.1 Å². The maximum atomic E-state index is 2.37. The molecule has 5 heterocycles. The molecule has 0 unspecified atom stereocenters. The monoisotopic (exact) mass is 820 g/mol. The van der Waals surface area contributed by atoms with E-state index in [-0.39, 0.29) is 0 Å². The Morgan fingerprint density at radius 2 is 0.610 bits per heavy atom. The Morgan fingerprint density at radius 3 is 0.966 bits per heavy atom. The molecule has 0 amide bonds. The Balaban J connectivity index is 0.984. The number of benzene rings is 4. The van der Waals surface area contributed by atoms with Crippen molar-refractivity contribution in [3.63, 3.8) is 0 Å². The van der Waals surface area contributed by atoms with Gasteiger partial charge < -0.3 is 0 Å². The molecule has 5 aromatic heterocycles. The van der Waals surface area contributed by atoms with Crippen LogP contribution in [0.1, 0.15) is 44.5 Å². The average molecular weight is 821 g/mol. The van der Waals surface area contributed by atoms with E-state index in [1.54, 1.807) is 0 Å². The van der Waals surface area contributed by atoms with Gasteiger partial charge in [-0.25, -0.2) is 9.13 Å². The number of thiophene rings is 3. The van der Waals surface area contributed by atoms with Crippen molar-refractivity contribution in [2.45, 2.75) is 54.6 Å². The molecular weight excluding hydrogens is 773 g/mol. The summed E-state index contributed by atoms with van der Waals surface area (Å²) in [4.78, 5) is 8.31. The first-order valence-corrected chi connectivity index (χ1v) is 22.7. The molecule has 0 bridgehead atoms. The van der Waals surface area contributed by atoms with E-state index in [0.29, 0.717) is 0 Å². The van der Waals surface area contributed by atoms with Crippen LogP contribution in [-0.2, 0) is 13.1 Å². The molecule has 0 aliphatic rings. The van der Waals surface area contributed by atoms with Crippen molar-refractivity contribution in [2.75, 3.05) is 0 Å². The van der Waals surface area contributed by atoms with Crippen LogP contribution in [0.3, 0.4) is 0 Å². The zero-order chi connectivity index (χ0) is 40.6. The minimum atomic E-state index is 0.868. The number of hydrogen-bond acceptors (Lipinski definition) is 3. The van der Waals surface area contributed by atoms with Gasteiger partial charge in [-0.2, -0.15) is 0 Å². The zero-order valence-electron chi connectivity index (χ0n) is 34.5. The summed E-state index contributed by atoms with van der Waals surface area (Å²) in [5.41, 5.74) is 18.4. The van der Waals surface area contributed by atoms with E-state index >= 15 is 0 Å². The summed E-state index contributed by atoms with van der Waals surface area (Å²) in [7, 11) is 0. The molecule has 5 heteroatoms. The maximum absolute atomic E-state index is 2.37. The van der Waals surface area contributed by atoms with Gasteiger partial charge in [0, 0.05) is 64.7 Å². The SMILES string of the molecule is Cc1c(-c2cccc(-c3cc[n+](Cc4ccccc4)cc3)c2)sc(-c2sc(-c3sc(-c4cccc(-c5cc[n+](Cc6ccccc6)cc5)c4)c(C)c3C)c(C)c2C)c1C. The molecule has 0 radical (unpaired) electrons. The van der Waals surface area contributed by atoms with Crippen molar-refractivity contribution < 1.29 is 9.13 Å². The molecule has 0 fully saturated rings. The maximum Gasteiger partial charge on any atom is 0.173 e. The third kappa shape index (κ3) is 7.79. The minimum absolute atomic E-state index is 0.868. The Bertz CT molecular complexity index is 2710. The molecule has 4 aromatic carbocycles. The molecular formula is C54H48N2S3+2. The number of rotatable bonds is 10. The summed E-state index contributed by atoms with van der Waals surface area (Å²) < 4.78 is 4.48. The standard InChI is InChI=1S/C54H48N2S3/c1-35-37(3)51(57-49(35)47-21-13-19-45(31-47)43-23-27-55(28-24-43)33-41-15-9-7-10-16-41)53-39(5)40(6)54(59-53)52-38(4)36(2)50(58-52)48-22-14-20-46(32-48)44-25-29-56(30-26-44)34-42-17-11-8-12-18-42/h7-32H,33-34H2,1-6H3/q+2. The van der Waals surface area contributed by atoms with Crippen molar-refractivity contribution >= 4 is 34.0 Å². The summed E-state index contributed by atoms with van der Waals surface area (Å²) >= 11 is 5.87. The van der Waals surface area contributed by atoms with E-state index in [1.807, 2.05) is 34.0 Å². The van der Waals surface area contributed by atoms with Gasteiger partial charge in [-0.15, -0.1) is 34.0 Å². The molecule has 0 saturated heterocycles. The molecule has 0 aliphatic heterocycles. The van der Waals surface area contributed by atoms with Crippen LogP contribution >= 0.6 is 34.0 Å². The van der Waals surface area contributed by atoms with Gasteiger partial charge in [0.05, 0.1) is 0 Å². The molecule has 290 valence electrons. The summed E-state index contributed by atoms with van der Waals surface area (Å²) in [6.45, 7) is 15.6. The molecule has 0 spiro atoms. The number of hydrogen-bond donors (Lipinski definition) is 0. The Kier molecular flexibility index (Phi) is 10.8. The first-order valence-electron chi connectivity index (χ1n) is 20.3. The summed E-state index contributed by atoms with van der Waals surface area (Å²) in [6.07, 6.45) is 8.76. The van der Waals surface area contributed by atoms with Crippen LogP contribution in [0.15, 0.2) is 158 Å². The second-order valence-electron chi connectivity index (χ2n) is 15.7. The zero-order valence-corrected chi connectivity index (χ0v) is 37.0. The summed E-state index contributed by atoms with van der Waals surface area (Å²) in [5.74, 6) is 0. The van der Waals surface area contributed by atoms with Gasteiger partial charge >= 0.3 is 0 Å². The first-order chi connectivity index (χ1) is 28.7. The van der Waals surface area contributed by atoms with E-state index < -0.39 is 0 Å². The largest absolute Gasteiger partial charge is 0.201 e. The molecule has 0 saturated carbocycles. The van der Waals surface area contributed by atoms with Crippen LogP contribution in [-0.4, -0.2) is 0 Å². The molecule has 9 rings (SSSR count). The molecule has 0 aliphatic carbocycles. The molecule has 9 aromatic rings. The molecule has 0 N–H and O–H groups in total. The van der Waals surface area contributed by atoms with Crippen molar-refractivity contribution in [3.8, 4) is 62.6 Å². The van der Waals surface area contributed by atoms with Gasteiger partial charge in [0.2, 0.25) is 0 Å². The number of pyridine rings is 2. The van der Waals surface area contributed by atoms with Crippen LogP contribution in [0.25, 0.3) is 62.6 Å². The topological polar surface area (TPSA) is 7.76 Å². The van der Waals surface area contributed by atoms with E-state index in [1.165, 1.54) is 107 Å². The van der Waals surface area contributed by atoms with E-state index in [0.717, 1.165) is 13.1 Å². The minimum Gasteiger partial charge on any atom is -0.201 e. The molecule has 59 heavy (non-hydrogen) atoms. The fraction of sp³-hybridized carbons (Fsp3) is 0.148. The average Bonchev–Trinajstić information content (AvgIpc) is 3.86. The third-order valence-corrected chi connectivity index (χ3v) is 16.5. The van der Waals surface area contributed by atoms with Gasteiger partial charge in [0.1, 0.15) is 0 Å². The van der Waals surface area contributed by atoms with Crippen LogP contribution in [0, 0.1) is 41.5 Å². The fourth-order valence-corrected chi connectivity index (χ4v) is 12.4. The smallest absolute Gasteiger partial charge is 0.173 e. The first kappa shape index (κ1) is 38.8. The molecule has 2 nitrogen and oxygen atoms in total. The highest BCUT2D eigenvalue weighted by atomic mass is 32.1. The van der Waals surface area contributed by atoms with E-state index in [4.69, 9.17) is 0 Å². The second kappa shape index (κ2) is 16.5. The van der Waals surface area contributed by atoms with Gasteiger partial charge in [-0.3, -0.25) is 0 Å². The quantitative estimate of drug-likeness (QED) is 0.121. The second-order valence-corrected chi connectivity index (χ2v) is 18.7. The van der Waals surface area contributed by atoms with Gasteiger partial charge in [0.25, 0.3) is 0 Å². The number of aromatic nitrogens is 2. The summed E-state index contributed by atoms with van der Waals surface area (Å²) in [5, 5.41) is 0. The molecule has 0 atom stereocenters. The summed E-state index contributed by atoms with van der Waals surface area (Å²) in [6, 6.07) is 48.4. The van der Waals surface area contributed by atoms with Crippen LogP contribution in [0.4, 0.5) is 0 Å².